The number of piperazine rings is 1. The Bertz CT molecular complexity index is 2260. The van der Waals surface area contributed by atoms with Gasteiger partial charge in [0.2, 0.25) is 5.91 Å². The average molecular weight is 824 g/mol. The van der Waals surface area contributed by atoms with Crippen LogP contribution in [0.1, 0.15) is 54.8 Å². The Kier molecular flexibility index (Phi) is 12.1. The van der Waals surface area contributed by atoms with Crippen LogP contribution < -0.4 is 25.8 Å². The molecule has 0 spiro atoms. The summed E-state index contributed by atoms with van der Waals surface area (Å²) in [5.74, 6) is 0.924. The number of nitrogens with one attached hydrogen (secondary N) is 2. The summed E-state index contributed by atoms with van der Waals surface area (Å²) < 4.78 is 9.19. The zero-order chi connectivity index (χ0) is 41.2. The van der Waals surface area contributed by atoms with Crippen molar-refractivity contribution in [2.75, 3.05) is 71.4 Å². The maximum absolute atomic E-state index is 13.1. The molecule has 4 amide bonds. The number of rotatable bonds is 10. The summed E-state index contributed by atoms with van der Waals surface area (Å²) in [6, 6.07) is 12.0. The van der Waals surface area contributed by atoms with E-state index >= 15 is 0 Å². The first-order valence-corrected chi connectivity index (χ1v) is 21.2. The average Bonchev–Trinajstić information content (AvgIpc) is 3.75. The smallest absolute Gasteiger partial charge is 0.317 e. The monoisotopic (exact) mass is 823 g/mol. The second-order valence-corrected chi connectivity index (χ2v) is 16.7. The number of hydrogen-bond donors (Lipinski definition) is 2. The number of carbonyl (C=O) groups excluding carboxylic acids is 3. The SMILES string of the molecule is CNC(=O)N1CCc2c(-c3cc(Cl)c(CN4CCC(CCN5CCN(c6ccc(-c7cnn(C8CCC(=O)NC8=O)c7)cc6)CC5)CC4)c(OC)c3)cn(C)c(=O)c2C1. The normalized spacial score (nSPS) is 19.4. The van der Waals surface area contributed by atoms with E-state index in [-0.39, 0.29) is 29.9 Å². The maximum Gasteiger partial charge on any atom is 0.317 e. The number of ether oxygens (including phenoxy) is 1. The predicted molar refractivity (Wildman–Crippen MR) is 228 cm³/mol. The molecule has 2 N–H and O–H groups in total. The predicted octanol–water partition coefficient (Wildman–Crippen LogP) is 4.68. The van der Waals surface area contributed by atoms with Crippen molar-refractivity contribution in [3.63, 3.8) is 0 Å². The summed E-state index contributed by atoms with van der Waals surface area (Å²) in [6.07, 6.45) is 10.4. The van der Waals surface area contributed by atoms with Crippen molar-refractivity contribution >= 4 is 35.1 Å². The van der Waals surface area contributed by atoms with Crippen LogP contribution in [-0.2, 0) is 36.1 Å². The molecule has 0 bridgehead atoms. The number of aromatic nitrogens is 3. The molecular formula is C44H54ClN9O5. The number of piperidine rings is 2. The van der Waals surface area contributed by atoms with Gasteiger partial charge in [0.15, 0.2) is 0 Å². The van der Waals surface area contributed by atoms with Crippen molar-refractivity contribution in [3.8, 4) is 28.0 Å². The number of benzene rings is 2. The number of likely N-dealkylation sites (tertiary alicyclic amines) is 1. The quantitative estimate of drug-likeness (QED) is 0.219. The molecule has 1 atom stereocenters. The Morgan fingerprint density at radius 1 is 0.898 bits per heavy atom. The first-order chi connectivity index (χ1) is 28.6. The minimum absolute atomic E-state index is 0.0880. The fourth-order valence-corrected chi connectivity index (χ4v) is 9.46. The third-order valence-corrected chi connectivity index (χ3v) is 13.1. The van der Waals surface area contributed by atoms with Gasteiger partial charge in [-0.25, -0.2) is 4.79 Å². The largest absolute Gasteiger partial charge is 0.496 e. The number of anilines is 1. The molecule has 0 aliphatic carbocycles. The number of amides is 4. The van der Waals surface area contributed by atoms with Crippen LogP contribution in [0.3, 0.4) is 0 Å². The lowest BCUT2D eigenvalue weighted by Gasteiger charge is -2.38. The fraction of sp³-hybridized carbons (Fsp3) is 0.477. The number of carbonyl (C=O) groups is 3. The molecule has 4 aromatic rings. The first-order valence-electron chi connectivity index (χ1n) is 20.8. The zero-order valence-corrected chi connectivity index (χ0v) is 35.0. The van der Waals surface area contributed by atoms with Crippen molar-refractivity contribution in [2.45, 2.75) is 57.7 Å². The standard InChI is InChI=1S/C44H54ClN9O5/c1-46-44(58)53-17-13-34-35(26-49(2)43(57)36(34)28-53)31-22-38(45)37(40(23-31)59-3)27-51-15-11-29(12-16-51)10-14-50-18-20-52(21-19-50)33-6-4-30(5-7-33)32-24-47-54(25-32)39-8-9-41(55)48-42(39)56/h4-7,22-26,29,39H,8-21,27-28H2,1-3H3,(H,46,58)(H,48,55,56). The number of pyridine rings is 1. The summed E-state index contributed by atoms with van der Waals surface area (Å²) in [5, 5.41) is 10.2. The molecule has 2 aromatic carbocycles. The molecule has 14 nitrogen and oxygen atoms in total. The van der Waals surface area contributed by atoms with Gasteiger partial charge in [0.05, 0.1) is 19.9 Å². The van der Waals surface area contributed by atoms with E-state index in [4.69, 9.17) is 16.3 Å². The zero-order valence-electron chi connectivity index (χ0n) is 34.2. The highest BCUT2D eigenvalue weighted by Crippen LogP contribution is 2.38. The molecule has 4 aliphatic heterocycles. The molecule has 3 fully saturated rings. The van der Waals surface area contributed by atoms with E-state index in [1.54, 1.807) is 41.6 Å². The van der Waals surface area contributed by atoms with Crippen molar-refractivity contribution < 1.29 is 19.1 Å². The summed E-state index contributed by atoms with van der Waals surface area (Å²) in [7, 11) is 5.04. The number of urea groups is 1. The Hall–Kier alpha value is -5.18. The molecule has 0 radical (unpaired) electrons. The first kappa shape index (κ1) is 40.6. The van der Waals surface area contributed by atoms with E-state index in [1.807, 2.05) is 24.5 Å². The van der Waals surface area contributed by atoms with Crippen molar-refractivity contribution in [1.29, 1.82) is 0 Å². The number of halogens is 1. The van der Waals surface area contributed by atoms with Crippen molar-refractivity contribution in [3.05, 3.63) is 87.1 Å². The van der Waals surface area contributed by atoms with Gasteiger partial charge in [-0.2, -0.15) is 5.10 Å². The van der Waals surface area contributed by atoms with E-state index in [0.29, 0.717) is 42.3 Å². The summed E-state index contributed by atoms with van der Waals surface area (Å²) in [5.41, 5.74) is 7.56. The van der Waals surface area contributed by atoms with E-state index in [2.05, 4.69) is 54.7 Å². The van der Waals surface area contributed by atoms with Crippen LogP contribution in [0.25, 0.3) is 22.3 Å². The Morgan fingerprint density at radius 2 is 1.66 bits per heavy atom. The van der Waals surface area contributed by atoms with Crippen LogP contribution in [0.4, 0.5) is 10.5 Å². The lowest BCUT2D eigenvalue weighted by atomic mass is 9.91. The van der Waals surface area contributed by atoms with Gasteiger partial charge in [0.25, 0.3) is 11.5 Å². The van der Waals surface area contributed by atoms with Gasteiger partial charge in [0, 0.05) is 105 Å². The van der Waals surface area contributed by atoms with Crippen molar-refractivity contribution in [1.82, 2.24) is 39.7 Å². The molecule has 4 aliphatic rings. The lowest BCUT2D eigenvalue weighted by Crippen LogP contribution is -2.47. The van der Waals surface area contributed by atoms with Gasteiger partial charge in [-0.05, 0) is 98.6 Å². The van der Waals surface area contributed by atoms with E-state index in [1.165, 1.54) is 12.1 Å². The Labute approximate surface area is 350 Å². The second-order valence-electron chi connectivity index (χ2n) is 16.3. The van der Waals surface area contributed by atoms with Gasteiger partial charge in [0.1, 0.15) is 11.8 Å². The third-order valence-electron chi connectivity index (χ3n) is 12.8. The number of aryl methyl sites for hydroxylation is 1. The number of hydrogen-bond acceptors (Lipinski definition) is 9. The molecule has 15 heteroatoms. The van der Waals surface area contributed by atoms with Gasteiger partial charge < -0.3 is 24.4 Å². The summed E-state index contributed by atoms with van der Waals surface area (Å²) in [6.45, 7) is 8.76. The highest BCUT2D eigenvalue weighted by molar-refractivity contribution is 6.32. The van der Waals surface area contributed by atoms with Gasteiger partial charge in [-0.15, -0.1) is 0 Å². The third kappa shape index (κ3) is 8.76. The molecule has 312 valence electrons. The molecule has 3 saturated heterocycles. The van der Waals surface area contributed by atoms with Gasteiger partial charge in [-0.1, -0.05) is 23.7 Å². The molecule has 6 heterocycles. The van der Waals surface area contributed by atoms with Crippen LogP contribution in [-0.4, -0.2) is 113 Å². The minimum atomic E-state index is -0.454. The molecular weight excluding hydrogens is 770 g/mol. The maximum atomic E-state index is 13.1. The summed E-state index contributed by atoms with van der Waals surface area (Å²) >= 11 is 7.03. The minimum Gasteiger partial charge on any atom is -0.496 e. The molecule has 1 unspecified atom stereocenters. The second kappa shape index (κ2) is 17.6. The van der Waals surface area contributed by atoms with Crippen molar-refractivity contribution in [2.24, 2.45) is 13.0 Å². The molecule has 2 aromatic heterocycles. The number of fused-ring (bicyclic) bond motifs is 1. The molecule has 0 saturated carbocycles. The van der Waals surface area contributed by atoms with E-state index in [9.17, 15) is 19.2 Å². The lowest BCUT2D eigenvalue weighted by molar-refractivity contribution is -0.135. The van der Waals surface area contributed by atoms with Crippen LogP contribution >= 0.6 is 11.6 Å². The summed E-state index contributed by atoms with van der Waals surface area (Å²) in [4.78, 5) is 58.5. The van der Waals surface area contributed by atoms with Gasteiger partial charge in [-0.3, -0.25) is 34.2 Å². The Morgan fingerprint density at radius 3 is 2.37 bits per heavy atom. The molecule has 59 heavy (non-hydrogen) atoms. The van der Waals surface area contributed by atoms with Gasteiger partial charge >= 0.3 is 6.03 Å². The molecule has 8 rings (SSSR count). The Balaban J connectivity index is 0.805. The van der Waals surface area contributed by atoms with Crippen LogP contribution in [0.2, 0.25) is 5.02 Å². The number of methoxy groups -OCH3 is 1. The van der Waals surface area contributed by atoms with Crippen LogP contribution in [0.15, 0.2) is 59.8 Å². The number of imide groups is 1. The fourth-order valence-electron chi connectivity index (χ4n) is 9.19. The topological polar surface area (TPSA) is 137 Å². The highest BCUT2D eigenvalue weighted by atomic mass is 35.5. The number of nitrogens with zero attached hydrogens (tertiary/aromatic N) is 7. The van der Waals surface area contributed by atoms with E-state index < -0.39 is 6.04 Å². The van der Waals surface area contributed by atoms with Crippen LogP contribution in [0, 0.1) is 5.92 Å². The highest BCUT2D eigenvalue weighted by Gasteiger charge is 2.30. The van der Waals surface area contributed by atoms with E-state index in [0.717, 1.165) is 104 Å². The van der Waals surface area contributed by atoms with Crippen LogP contribution in [0.5, 0.6) is 5.75 Å².